The molecular formula is C34H29ClO5. The van der Waals surface area contributed by atoms with Crippen LogP contribution < -0.4 is 14.2 Å². The normalized spacial score (nSPS) is 10.8. The summed E-state index contributed by atoms with van der Waals surface area (Å²) in [6.07, 6.45) is 0.504. The number of ether oxygens (including phenoxy) is 4. The molecule has 0 aliphatic rings. The van der Waals surface area contributed by atoms with Crippen molar-refractivity contribution in [2.24, 2.45) is 0 Å². The first-order chi connectivity index (χ1) is 19.6. The van der Waals surface area contributed by atoms with Crippen molar-refractivity contribution >= 4 is 28.3 Å². The number of carbonyl (C=O) groups excluding carboxylic acids is 1. The molecule has 0 saturated carbocycles. The number of halogens is 1. The number of carbonyl (C=O) groups is 1. The van der Waals surface area contributed by atoms with Crippen LogP contribution in [0.15, 0.2) is 103 Å². The minimum Gasteiger partial charge on any atom is -0.497 e. The molecule has 0 fully saturated rings. The van der Waals surface area contributed by atoms with Gasteiger partial charge in [-0.1, -0.05) is 78.3 Å². The third-order valence-electron chi connectivity index (χ3n) is 6.70. The van der Waals surface area contributed by atoms with Gasteiger partial charge in [0.1, 0.15) is 23.9 Å². The Labute approximate surface area is 238 Å². The number of benzene rings is 5. The highest BCUT2D eigenvalue weighted by molar-refractivity contribution is 6.31. The maximum atomic E-state index is 11.9. The molecule has 0 amide bonds. The Hall–Kier alpha value is -4.48. The second kappa shape index (κ2) is 12.6. The highest BCUT2D eigenvalue weighted by atomic mass is 35.5. The SMILES string of the molecule is COC(=O)COc1ccc2cc(-c3cccc(OC)c3)c(OCc3ccccc3)cc2c1Cc1ccccc1Cl. The Morgan fingerprint density at radius 3 is 2.35 bits per heavy atom. The molecule has 0 heterocycles. The molecule has 202 valence electrons. The summed E-state index contributed by atoms with van der Waals surface area (Å²) in [5, 5.41) is 2.60. The van der Waals surface area contributed by atoms with Gasteiger partial charge in [0.15, 0.2) is 6.61 Å². The summed E-state index contributed by atoms with van der Waals surface area (Å²) in [6, 6.07) is 33.7. The molecule has 40 heavy (non-hydrogen) atoms. The van der Waals surface area contributed by atoms with Crippen LogP contribution in [-0.2, 0) is 22.6 Å². The second-order valence-electron chi connectivity index (χ2n) is 9.25. The van der Waals surface area contributed by atoms with Crippen LogP contribution in [0.3, 0.4) is 0 Å². The van der Waals surface area contributed by atoms with E-state index < -0.39 is 5.97 Å². The lowest BCUT2D eigenvalue weighted by Crippen LogP contribution is -2.13. The summed E-state index contributed by atoms with van der Waals surface area (Å²) in [5.74, 6) is 1.61. The Bertz CT molecular complexity index is 1630. The summed E-state index contributed by atoms with van der Waals surface area (Å²) < 4.78 is 22.7. The number of methoxy groups -OCH3 is 2. The number of hydrogen-bond acceptors (Lipinski definition) is 5. The third kappa shape index (κ3) is 6.22. The predicted octanol–water partition coefficient (Wildman–Crippen LogP) is 7.89. The predicted molar refractivity (Wildman–Crippen MR) is 158 cm³/mol. The average molecular weight is 553 g/mol. The summed E-state index contributed by atoms with van der Waals surface area (Å²) in [7, 11) is 3.00. The maximum absolute atomic E-state index is 11.9. The number of fused-ring (bicyclic) bond motifs is 1. The maximum Gasteiger partial charge on any atom is 0.343 e. The molecule has 0 N–H and O–H groups in total. The van der Waals surface area contributed by atoms with E-state index in [1.807, 2.05) is 97.1 Å². The Kier molecular flexibility index (Phi) is 8.53. The van der Waals surface area contributed by atoms with Gasteiger partial charge in [-0.15, -0.1) is 0 Å². The van der Waals surface area contributed by atoms with E-state index in [-0.39, 0.29) is 6.61 Å². The van der Waals surface area contributed by atoms with Crippen LogP contribution in [0.25, 0.3) is 21.9 Å². The lowest BCUT2D eigenvalue weighted by Gasteiger charge is -2.18. The van der Waals surface area contributed by atoms with E-state index in [1.165, 1.54) is 7.11 Å². The monoisotopic (exact) mass is 552 g/mol. The van der Waals surface area contributed by atoms with Crippen LogP contribution in [-0.4, -0.2) is 26.8 Å². The molecule has 0 bridgehead atoms. The average Bonchev–Trinajstić information content (AvgIpc) is 3.00. The van der Waals surface area contributed by atoms with Gasteiger partial charge >= 0.3 is 5.97 Å². The fraction of sp³-hybridized carbons (Fsp3) is 0.147. The third-order valence-corrected chi connectivity index (χ3v) is 7.07. The molecule has 0 aliphatic carbocycles. The van der Waals surface area contributed by atoms with Gasteiger partial charge in [-0.25, -0.2) is 4.79 Å². The van der Waals surface area contributed by atoms with Gasteiger partial charge < -0.3 is 18.9 Å². The van der Waals surface area contributed by atoms with Crippen LogP contribution in [0.4, 0.5) is 0 Å². The quantitative estimate of drug-likeness (QED) is 0.165. The topological polar surface area (TPSA) is 54.0 Å². The molecule has 0 spiro atoms. The van der Waals surface area contributed by atoms with E-state index in [4.69, 9.17) is 30.5 Å². The van der Waals surface area contributed by atoms with Crippen molar-refractivity contribution in [3.05, 3.63) is 125 Å². The summed E-state index contributed by atoms with van der Waals surface area (Å²) >= 11 is 6.56. The molecule has 0 aromatic heterocycles. The Morgan fingerprint density at radius 1 is 0.775 bits per heavy atom. The summed E-state index contributed by atoms with van der Waals surface area (Å²) in [6.45, 7) is 0.207. The molecule has 0 aliphatic heterocycles. The first-order valence-corrected chi connectivity index (χ1v) is 13.3. The van der Waals surface area contributed by atoms with Gasteiger partial charge in [0, 0.05) is 22.6 Å². The zero-order valence-corrected chi connectivity index (χ0v) is 23.1. The van der Waals surface area contributed by atoms with Gasteiger partial charge in [0.05, 0.1) is 14.2 Å². The van der Waals surface area contributed by atoms with E-state index in [9.17, 15) is 4.79 Å². The molecule has 5 aromatic rings. The molecule has 5 rings (SSSR count). The highest BCUT2D eigenvalue weighted by Gasteiger charge is 2.17. The smallest absolute Gasteiger partial charge is 0.343 e. The first kappa shape index (κ1) is 27.1. The van der Waals surface area contributed by atoms with E-state index in [0.29, 0.717) is 23.8 Å². The Balaban J connectivity index is 1.67. The zero-order valence-electron chi connectivity index (χ0n) is 22.4. The van der Waals surface area contributed by atoms with Crippen molar-refractivity contribution in [2.45, 2.75) is 13.0 Å². The van der Waals surface area contributed by atoms with Crippen molar-refractivity contribution < 1.29 is 23.7 Å². The standard InChI is InChI=1S/C34H29ClO5/c1-37-27-13-8-12-24(17-27)29-18-25-15-16-32(40-22-34(36)38-2)30(19-26-11-6-7-14-31(26)35)28(25)20-33(29)39-21-23-9-4-3-5-10-23/h3-18,20H,19,21-22H2,1-2H3. The van der Waals surface area contributed by atoms with Crippen molar-refractivity contribution in [1.29, 1.82) is 0 Å². The molecule has 6 heteroatoms. The van der Waals surface area contributed by atoms with Crippen molar-refractivity contribution in [3.63, 3.8) is 0 Å². The van der Waals surface area contributed by atoms with Crippen molar-refractivity contribution in [2.75, 3.05) is 20.8 Å². The minimum atomic E-state index is -0.455. The molecule has 0 radical (unpaired) electrons. The van der Waals surface area contributed by atoms with Gasteiger partial charge in [-0.2, -0.15) is 0 Å². The van der Waals surface area contributed by atoms with Gasteiger partial charge in [0.2, 0.25) is 0 Å². The fourth-order valence-electron chi connectivity index (χ4n) is 4.61. The van der Waals surface area contributed by atoms with E-state index in [2.05, 4.69) is 6.07 Å². The van der Waals surface area contributed by atoms with Gasteiger partial charge in [-0.05, 0) is 63.9 Å². The number of hydrogen-bond donors (Lipinski definition) is 0. The lowest BCUT2D eigenvalue weighted by atomic mass is 9.93. The van der Waals surface area contributed by atoms with Crippen LogP contribution in [0.2, 0.25) is 5.02 Å². The van der Waals surface area contributed by atoms with Crippen LogP contribution in [0.5, 0.6) is 17.2 Å². The van der Waals surface area contributed by atoms with E-state index in [1.54, 1.807) is 7.11 Å². The molecule has 5 nitrogen and oxygen atoms in total. The van der Waals surface area contributed by atoms with Gasteiger partial charge in [-0.3, -0.25) is 0 Å². The molecular weight excluding hydrogens is 524 g/mol. The number of esters is 1. The Morgan fingerprint density at radius 2 is 1.57 bits per heavy atom. The minimum absolute atomic E-state index is 0.198. The van der Waals surface area contributed by atoms with E-state index >= 15 is 0 Å². The van der Waals surface area contributed by atoms with E-state index in [0.717, 1.165) is 50.1 Å². The van der Waals surface area contributed by atoms with Crippen molar-refractivity contribution in [3.8, 4) is 28.4 Å². The first-order valence-electron chi connectivity index (χ1n) is 12.9. The second-order valence-corrected chi connectivity index (χ2v) is 9.66. The number of rotatable bonds is 10. The summed E-state index contributed by atoms with van der Waals surface area (Å²) in [4.78, 5) is 11.9. The molecule has 5 aromatic carbocycles. The lowest BCUT2D eigenvalue weighted by molar-refractivity contribution is -0.142. The fourth-order valence-corrected chi connectivity index (χ4v) is 4.81. The van der Waals surface area contributed by atoms with Crippen LogP contribution in [0.1, 0.15) is 16.7 Å². The zero-order chi connectivity index (χ0) is 27.9. The molecule has 0 saturated heterocycles. The van der Waals surface area contributed by atoms with Crippen LogP contribution >= 0.6 is 11.6 Å². The van der Waals surface area contributed by atoms with Crippen LogP contribution in [0, 0.1) is 0 Å². The highest BCUT2D eigenvalue weighted by Crippen LogP contribution is 2.40. The van der Waals surface area contributed by atoms with Crippen molar-refractivity contribution in [1.82, 2.24) is 0 Å². The van der Waals surface area contributed by atoms with Gasteiger partial charge in [0.25, 0.3) is 0 Å². The summed E-state index contributed by atoms with van der Waals surface area (Å²) in [5.41, 5.74) is 4.82. The largest absolute Gasteiger partial charge is 0.497 e. The molecule has 0 atom stereocenters. The molecule has 0 unspecified atom stereocenters.